The summed E-state index contributed by atoms with van der Waals surface area (Å²) in [6.07, 6.45) is -3.14. The summed E-state index contributed by atoms with van der Waals surface area (Å²) in [4.78, 5) is 15.5. The highest BCUT2D eigenvalue weighted by Crippen LogP contribution is 2.45. The van der Waals surface area contributed by atoms with Gasteiger partial charge in [-0.1, -0.05) is 0 Å². The van der Waals surface area contributed by atoms with Crippen molar-refractivity contribution in [2.45, 2.75) is 63.6 Å². The molecular weight excluding hydrogens is 380 g/mol. The number of nitrogen functional groups attached to an aromatic ring is 1. The van der Waals surface area contributed by atoms with Crippen LogP contribution in [0, 0.1) is 0 Å². The highest BCUT2D eigenvalue weighted by Gasteiger charge is 2.61. The van der Waals surface area contributed by atoms with Gasteiger partial charge in [-0.15, -0.1) is 0 Å². The molecule has 0 amide bonds. The van der Waals surface area contributed by atoms with Gasteiger partial charge in [0.15, 0.2) is 16.6 Å². The maximum Gasteiger partial charge on any atom is 0.351 e. The molecule has 1 aliphatic heterocycles. The number of anilines is 1. The lowest BCUT2D eigenvalue weighted by atomic mass is 10.1. The lowest BCUT2D eigenvalue weighted by Gasteiger charge is -2.31. The maximum absolute atomic E-state index is 15.1. The molecule has 1 aliphatic rings. The van der Waals surface area contributed by atoms with Crippen molar-refractivity contribution in [1.82, 2.24) is 9.55 Å². The van der Waals surface area contributed by atoms with Gasteiger partial charge in [-0.2, -0.15) is 13.8 Å². The molecule has 0 aromatic carbocycles. The summed E-state index contributed by atoms with van der Waals surface area (Å²) in [5.74, 6) is -3.46. The van der Waals surface area contributed by atoms with E-state index in [1.54, 1.807) is 0 Å². The lowest BCUT2D eigenvalue weighted by Crippen LogP contribution is -2.49. The number of halogens is 2. The van der Waals surface area contributed by atoms with E-state index in [0.717, 1.165) is 10.8 Å². The Morgan fingerprint density at radius 3 is 2.38 bits per heavy atom. The van der Waals surface area contributed by atoms with E-state index in [1.807, 2.05) is 39.3 Å². The predicted octanol–water partition coefficient (Wildman–Crippen LogP) is 2.43. The summed E-state index contributed by atoms with van der Waals surface area (Å²) < 4.78 is 48.1. The topological polar surface area (TPSA) is 88.6 Å². The minimum absolute atomic E-state index is 0.0197. The van der Waals surface area contributed by atoms with E-state index in [-0.39, 0.29) is 12.4 Å². The Morgan fingerprint density at radius 2 is 1.88 bits per heavy atom. The molecule has 148 valence electrons. The fraction of sp³-hybridized carbons (Fsp3) is 0.733. The van der Waals surface area contributed by atoms with Gasteiger partial charge < -0.3 is 19.3 Å². The molecule has 1 aromatic rings. The summed E-state index contributed by atoms with van der Waals surface area (Å²) >= 11 is 0. The molecule has 2 rings (SSSR count). The Balaban J connectivity index is 2.37. The summed E-state index contributed by atoms with van der Waals surface area (Å²) in [7, 11) is -4.25. The molecule has 1 fully saturated rings. The van der Waals surface area contributed by atoms with Crippen LogP contribution in [0.25, 0.3) is 0 Å². The standard InChI is InChI=1S/C15H27F2N3O4Si2/c1-25(2,3)22-9-10-12(24-26(4,5)6)15(16,17)13(23-10)20-8-7-11(18)19-14(20)21/h7-8,10,12-13H,9H2,1-6H3,(H2,18,19,21)/t10-,12-,13-/m1/s1. The second-order valence-electron chi connectivity index (χ2n) is 8.32. The molecule has 7 nitrogen and oxygen atoms in total. The van der Waals surface area contributed by atoms with Gasteiger partial charge in [-0.3, -0.25) is 4.57 Å². The van der Waals surface area contributed by atoms with Crippen LogP contribution >= 0.6 is 0 Å². The molecule has 3 atom stereocenters. The Morgan fingerprint density at radius 1 is 1.27 bits per heavy atom. The maximum atomic E-state index is 15.1. The van der Waals surface area contributed by atoms with Crippen LogP contribution in [0.1, 0.15) is 6.23 Å². The number of rotatable bonds is 6. The molecule has 0 radical (unpaired) electrons. The minimum Gasteiger partial charge on any atom is -0.415 e. The van der Waals surface area contributed by atoms with Crippen LogP contribution in [-0.2, 0) is 13.6 Å². The van der Waals surface area contributed by atoms with Gasteiger partial charge in [-0.05, 0) is 45.3 Å². The molecule has 2 heterocycles. The van der Waals surface area contributed by atoms with Crippen LogP contribution in [-0.4, -0.2) is 50.9 Å². The zero-order valence-electron chi connectivity index (χ0n) is 16.0. The van der Waals surface area contributed by atoms with Gasteiger partial charge in [0.05, 0.1) is 6.61 Å². The molecule has 0 spiro atoms. The number of ether oxygens (including phenoxy) is 1. The minimum atomic E-state index is -3.42. The van der Waals surface area contributed by atoms with Gasteiger partial charge in [-0.25, -0.2) is 4.79 Å². The first-order valence-corrected chi connectivity index (χ1v) is 15.2. The van der Waals surface area contributed by atoms with E-state index in [4.69, 9.17) is 19.3 Å². The monoisotopic (exact) mass is 407 g/mol. The molecule has 1 aromatic heterocycles. The molecule has 0 aliphatic carbocycles. The fourth-order valence-corrected chi connectivity index (χ4v) is 4.30. The molecule has 26 heavy (non-hydrogen) atoms. The van der Waals surface area contributed by atoms with Crippen LogP contribution in [0.3, 0.4) is 0 Å². The van der Waals surface area contributed by atoms with Gasteiger partial charge in [0.1, 0.15) is 18.0 Å². The van der Waals surface area contributed by atoms with Crippen molar-refractivity contribution in [2.24, 2.45) is 0 Å². The highest BCUT2D eigenvalue weighted by molar-refractivity contribution is 6.70. The average Bonchev–Trinajstić information content (AvgIpc) is 2.67. The first-order valence-electron chi connectivity index (χ1n) is 8.40. The predicted molar refractivity (Wildman–Crippen MR) is 99.3 cm³/mol. The zero-order chi connectivity index (χ0) is 19.9. The van der Waals surface area contributed by atoms with Crippen LogP contribution < -0.4 is 11.4 Å². The van der Waals surface area contributed by atoms with E-state index in [9.17, 15) is 4.79 Å². The second-order valence-corrected chi connectivity index (χ2v) is 17.3. The quantitative estimate of drug-likeness (QED) is 0.729. The van der Waals surface area contributed by atoms with E-state index in [1.165, 1.54) is 6.07 Å². The molecule has 0 unspecified atom stereocenters. The SMILES string of the molecule is C[Si](C)(C)OC[C@H]1O[C@@H](n2ccc(N)nc2=O)C(F)(F)[C@@H]1O[Si](C)(C)C. The Hall–Kier alpha value is -1.15. The third-order valence-electron chi connectivity index (χ3n) is 3.62. The van der Waals surface area contributed by atoms with Crippen molar-refractivity contribution < 1.29 is 22.4 Å². The molecule has 0 bridgehead atoms. The second kappa shape index (κ2) is 7.11. The summed E-state index contributed by atoms with van der Waals surface area (Å²) in [6.45, 7) is 11.3. The van der Waals surface area contributed by atoms with Gasteiger partial charge in [0.25, 0.3) is 0 Å². The number of aromatic nitrogens is 2. The molecule has 11 heteroatoms. The number of nitrogens with zero attached hydrogens (tertiary/aromatic N) is 2. The molecule has 0 saturated carbocycles. The van der Waals surface area contributed by atoms with Gasteiger partial charge in [0, 0.05) is 6.20 Å². The normalized spacial score (nSPS) is 26.2. The van der Waals surface area contributed by atoms with Crippen molar-refractivity contribution in [3.63, 3.8) is 0 Å². The molecular formula is C15H27F2N3O4Si2. The summed E-state index contributed by atoms with van der Waals surface area (Å²) in [6, 6.07) is 1.28. The molecule has 1 saturated heterocycles. The number of hydrogen-bond donors (Lipinski definition) is 1. The van der Waals surface area contributed by atoms with Crippen molar-refractivity contribution >= 4 is 22.5 Å². The van der Waals surface area contributed by atoms with E-state index < -0.39 is 46.7 Å². The van der Waals surface area contributed by atoms with Crippen LogP contribution in [0.5, 0.6) is 0 Å². The zero-order valence-corrected chi connectivity index (χ0v) is 18.0. The fourth-order valence-electron chi connectivity index (χ4n) is 2.57. The Bertz CT molecular complexity index is 703. The lowest BCUT2D eigenvalue weighted by molar-refractivity contribution is -0.137. The van der Waals surface area contributed by atoms with Crippen LogP contribution in [0.2, 0.25) is 39.3 Å². The van der Waals surface area contributed by atoms with Gasteiger partial charge in [0.2, 0.25) is 6.23 Å². The summed E-state index contributed by atoms with van der Waals surface area (Å²) in [5.41, 5.74) is 4.54. The molecule has 2 N–H and O–H groups in total. The first kappa shape index (κ1) is 21.2. The van der Waals surface area contributed by atoms with Crippen molar-refractivity contribution in [2.75, 3.05) is 12.3 Å². The smallest absolute Gasteiger partial charge is 0.351 e. The van der Waals surface area contributed by atoms with Crippen molar-refractivity contribution in [1.29, 1.82) is 0 Å². The van der Waals surface area contributed by atoms with Crippen LogP contribution in [0.4, 0.5) is 14.6 Å². The number of alkyl halides is 2. The van der Waals surface area contributed by atoms with Crippen LogP contribution in [0.15, 0.2) is 17.1 Å². The Kier molecular flexibility index (Phi) is 5.79. The van der Waals surface area contributed by atoms with E-state index >= 15 is 8.78 Å². The third kappa shape index (κ3) is 4.97. The van der Waals surface area contributed by atoms with Crippen molar-refractivity contribution in [3.05, 3.63) is 22.7 Å². The van der Waals surface area contributed by atoms with Gasteiger partial charge >= 0.3 is 11.6 Å². The van der Waals surface area contributed by atoms with Crippen molar-refractivity contribution in [3.8, 4) is 0 Å². The highest BCUT2D eigenvalue weighted by atomic mass is 28.4. The summed E-state index contributed by atoms with van der Waals surface area (Å²) in [5, 5.41) is 0. The first-order chi connectivity index (χ1) is 11.7. The van der Waals surface area contributed by atoms with E-state index in [0.29, 0.717) is 0 Å². The largest absolute Gasteiger partial charge is 0.415 e. The Labute approximate surface area is 153 Å². The third-order valence-corrected chi connectivity index (χ3v) is 5.61. The number of nitrogens with two attached hydrogens (primary N) is 1. The number of hydrogen-bond acceptors (Lipinski definition) is 6. The average molecular weight is 408 g/mol. The van der Waals surface area contributed by atoms with E-state index in [2.05, 4.69) is 4.98 Å².